The molecule has 2 unspecified atom stereocenters. The fourth-order valence-corrected chi connectivity index (χ4v) is 3.89. The van der Waals surface area contributed by atoms with Gasteiger partial charge >= 0.3 is 0 Å². The summed E-state index contributed by atoms with van der Waals surface area (Å²) in [6, 6.07) is 19.1. The zero-order valence-electron chi connectivity index (χ0n) is 15.9. The molecule has 3 heteroatoms. The molecular weight excluding hydrogens is 320 g/mol. The van der Waals surface area contributed by atoms with Crippen molar-refractivity contribution in [3.05, 3.63) is 60.2 Å². The highest BCUT2D eigenvalue weighted by atomic mass is 16.2. The van der Waals surface area contributed by atoms with Crippen molar-refractivity contribution in [3.8, 4) is 0 Å². The van der Waals surface area contributed by atoms with Crippen LogP contribution in [0, 0.1) is 0 Å². The van der Waals surface area contributed by atoms with Gasteiger partial charge in [0.25, 0.3) is 0 Å². The Kier molecular flexibility index (Phi) is 6.32. The first-order valence-electron chi connectivity index (χ1n) is 9.93. The maximum absolute atomic E-state index is 12.9. The van der Waals surface area contributed by atoms with E-state index in [1.54, 1.807) is 0 Å². The lowest BCUT2D eigenvalue weighted by Gasteiger charge is -2.40. The summed E-state index contributed by atoms with van der Waals surface area (Å²) in [5.74, 6) is 0.263. The molecule has 0 aliphatic carbocycles. The zero-order valence-corrected chi connectivity index (χ0v) is 15.9. The zero-order chi connectivity index (χ0) is 18.4. The number of benzene rings is 2. The number of unbranched alkanes of at least 4 members (excludes halogenated alkanes) is 3. The lowest BCUT2D eigenvalue weighted by molar-refractivity contribution is -0.119. The monoisotopic (exact) mass is 350 g/mol. The number of hydrogen-bond acceptors (Lipinski definition) is 2. The highest BCUT2D eigenvalue weighted by Gasteiger charge is 2.33. The van der Waals surface area contributed by atoms with Gasteiger partial charge in [-0.1, -0.05) is 62.6 Å². The Bertz CT molecular complexity index is 713. The van der Waals surface area contributed by atoms with Gasteiger partial charge in [0, 0.05) is 23.8 Å². The van der Waals surface area contributed by atoms with E-state index in [4.69, 9.17) is 0 Å². The predicted molar refractivity (Wildman–Crippen MR) is 110 cm³/mol. The smallest absolute Gasteiger partial charge is 0.227 e. The third-order valence-electron chi connectivity index (χ3n) is 5.22. The maximum atomic E-state index is 12.9. The number of fused-ring (bicyclic) bond motifs is 1. The van der Waals surface area contributed by atoms with E-state index in [2.05, 4.69) is 49.5 Å². The number of anilines is 2. The molecule has 0 spiro atoms. The second-order valence-electron chi connectivity index (χ2n) is 7.28. The minimum Gasteiger partial charge on any atom is -0.378 e. The van der Waals surface area contributed by atoms with Gasteiger partial charge in [-0.3, -0.25) is 4.79 Å². The van der Waals surface area contributed by atoms with E-state index in [0.717, 1.165) is 30.6 Å². The summed E-state index contributed by atoms with van der Waals surface area (Å²) in [6.07, 6.45) is 6.11. The summed E-state index contributed by atoms with van der Waals surface area (Å²) in [4.78, 5) is 14.9. The van der Waals surface area contributed by atoms with Gasteiger partial charge in [0.2, 0.25) is 5.91 Å². The largest absolute Gasteiger partial charge is 0.378 e. The van der Waals surface area contributed by atoms with Crippen LogP contribution in [0.2, 0.25) is 0 Å². The number of carbonyl (C=O) groups is 1. The number of hydrogen-bond donors (Lipinski definition) is 1. The molecule has 0 saturated heterocycles. The van der Waals surface area contributed by atoms with Crippen molar-refractivity contribution in [3.63, 3.8) is 0 Å². The minimum atomic E-state index is 0.199. The van der Waals surface area contributed by atoms with Crippen molar-refractivity contribution in [2.45, 2.75) is 64.5 Å². The molecule has 1 aliphatic heterocycles. The van der Waals surface area contributed by atoms with Crippen molar-refractivity contribution < 1.29 is 4.79 Å². The Morgan fingerprint density at radius 1 is 1.04 bits per heavy atom. The SMILES string of the molecule is CCCCCCC(=O)N1c2ccccc2C(Nc2ccccc2)CC1C. The Morgan fingerprint density at radius 2 is 1.77 bits per heavy atom. The quantitative estimate of drug-likeness (QED) is 0.627. The maximum Gasteiger partial charge on any atom is 0.227 e. The molecule has 138 valence electrons. The number of para-hydroxylation sites is 2. The normalized spacial score (nSPS) is 19.1. The Balaban J connectivity index is 1.78. The van der Waals surface area contributed by atoms with Crippen molar-refractivity contribution >= 4 is 17.3 Å². The van der Waals surface area contributed by atoms with Crippen LogP contribution in [0.15, 0.2) is 54.6 Å². The Labute approximate surface area is 157 Å². The molecule has 2 atom stereocenters. The number of nitrogens with zero attached hydrogens (tertiary/aromatic N) is 1. The molecule has 2 aromatic rings. The third-order valence-corrected chi connectivity index (χ3v) is 5.22. The van der Waals surface area contributed by atoms with Crippen molar-refractivity contribution in [1.29, 1.82) is 0 Å². The molecule has 0 fully saturated rings. The van der Waals surface area contributed by atoms with Crippen LogP contribution in [0.1, 0.15) is 64.0 Å². The first kappa shape index (κ1) is 18.5. The number of amides is 1. The molecule has 0 bridgehead atoms. The van der Waals surface area contributed by atoms with Gasteiger partial charge in [-0.2, -0.15) is 0 Å². The molecular formula is C23H30N2O. The van der Waals surface area contributed by atoms with Crippen LogP contribution in [-0.2, 0) is 4.79 Å². The lowest BCUT2D eigenvalue weighted by Crippen LogP contribution is -2.44. The molecule has 3 nitrogen and oxygen atoms in total. The molecule has 26 heavy (non-hydrogen) atoms. The Hall–Kier alpha value is -2.29. The predicted octanol–water partition coefficient (Wildman–Crippen LogP) is 5.94. The second kappa shape index (κ2) is 8.88. The third kappa shape index (κ3) is 4.27. The highest BCUT2D eigenvalue weighted by Crippen LogP contribution is 2.39. The van der Waals surface area contributed by atoms with E-state index in [9.17, 15) is 4.79 Å². The molecule has 1 amide bonds. The van der Waals surface area contributed by atoms with E-state index in [0.29, 0.717) is 6.42 Å². The molecule has 3 rings (SSSR count). The molecule has 1 heterocycles. The van der Waals surface area contributed by atoms with Crippen LogP contribution in [-0.4, -0.2) is 11.9 Å². The molecule has 0 radical (unpaired) electrons. The van der Waals surface area contributed by atoms with E-state index in [-0.39, 0.29) is 18.0 Å². The second-order valence-corrected chi connectivity index (χ2v) is 7.28. The van der Waals surface area contributed by atoms with E-state index in [1.807, 2.05) is 29.2 Å². The molecule has 1 N–H and O–H groups in total. The minimum absolute atomic E-state index is 0.199. The highest BCUT2D eigenvalue weighted by molar-refractivity contribution is 5.95. The van der Waals surface area contributed by atoms with E-state index >= 15 is 0 Å². The standard InChI is InChI=1S/C23H30N2O/c1-3-4-5-9-16-23(26)25-18(2)17-21(20-14-10-11-15-22(20)25)24-19-12-7-6-8-13-19/h6-8,10-15,18,21,24H,3-5,9,16-17H2,1-2H3. The molecule has 1 aliphatic rings. The molecule has 0 saturated carbocycles. The molecule has 2 aromatic carbocycles. The van der Waals surface area contributed by atoms with Crippen LogP contribution in [0.3, 0.4) is 0 Å². The van der Waals surface area contributed by atoms with Gasteiger partial charge < -0.3 is 10.2 Å². The van der Waals surface area contributed by atoms with Gasteiger partial charge in [0.05, 0.1) is 6.04 Å². The Morgan fingerprint density at radius 3 is 2.54 bits per heavy atom. The summed E-state index contributed by atoms with van der Waals surface area (Å²) in [5, 5.41) is 3.65. The topological polar surface area (TPSA) is 32.3 Å². The first-order valence-corrected chi connectivity index (χ1v) is 9.93. The molecule has 0 aromatic heterocycles. The van der Waals surface area contributed by atoms with Crippen molar-refractivity contribution in [1.82, 2.24) is 0 Å². The summed E-state index contributed by atoms with van der Waals surface area (Å²) < 4.78 is 0. The van der Waals surface area contributed by atoms with Crippen LogP contribution >= 0.6 is 0 Å². The van der Waals surface area contributed by atoms with Gasteiger partial charge in [-0.25, -0.2) is 0 Å². The van der Waals surface area contributed by atoms with Gasteiger partial charge in [0.1, 0.15) is 0 Å². The van der Waals surface area contributed by atoms with Crippen molar-refractivity contribution in [2.24, 2.45) is 0 Å². The summed E-state index contributed by atoms with van der Waals surface area (Å²) >= 11 is 0. The average Bonchev–Trinajstić information content (AvgIpc) is 2.66. The lowest BCUT2D eigenvalue weighted by atomic mass is 9.91. The summed E-state index contributed by atoms with van der Waals surface area (Å²) in [5.41, 5.74) is 3.41. The van der Waals surface area contributed by atoms with Gasteiger partial charge in [0.15, 0.2) is 0 Å². The summed E-state index contributed by atoms with van der Waals surface area (Å²) in [7, 11) is 0. The number of rotatable bonds is 7. The number of nitrogens with one attached hydrogen (secondary N) is 1. The number of carbonyl (C=O) groups excluding carboxylic acids is 1. The van der Waals surface area contributed by atoms with Gasteiger partial charge in [-0.15, -0.1) is 0 Å². The van der Waals surface area contributed by atoms with Gasteiger partial charge in [-0.05, 0) is 43.5 Å². The van der Waals surface area contributed by atoms with Crippen LogP contribution in [0.4, 0.5) is 11.4 Å². The van der Waals surface area contributed by atoms with Crippen molar-refractivity contribution in [2.75, 3.05) is 10.2 Å². The van der Waals surface area contributed by atoms with E-state index in [1.165, 1.54) is 18.4 Å². The average molecular weight is 351 g/mol. The van der Waals surface area contributed by atoms with E-state index < -0.39 is 0 Å². The fraction of sp³-hybridized carbons (Fsp3) is 0.435. The first-order chi connectivity index (χ1) is 12.7. The summed E-state index contributed by atoms with van der Waals surface area (Å²) in [6.45, 7) is 4.37. The fourth-order valence-electron chi connectivity index (χ4n) is 3.89. The van der Waals surface area contributed by atoms with Crippen LogP contribution in [0.5, 0.6) is 0 Å². The van der Waals surface area contributed by atoms with Crippen LogP contribution < -0.4 is 10.2 Å². The van der Waals surface area contributed by atoms with Crippen LogP contribution in [0.25, 0.3) is 0 Å².